The van der Waals surface area contributed by atoms with E-state index < -0.39 is 0 Å². The van der Waals surface area contributed by atoms with Gasteiger partial charge >= 0.3 is 0 Å². The lowest BCUT2D eigenvalue weighted by molar-refractivity contribution is 0.240. The number of aromatic nitrogens is 1. The lowest BCUT2D eigenvalue weighted by Crippen LogP contribution is -2.44. The topological polar surface area (TPSA) is 40.2 Å². The molecule has 0 atom stereocenters. The van der Waals surface area contributed by atoms with Crippen LogP contribution in [-0.2, 0) is 0 Å². The summed E-state index contributed by atoms with van der Waals surface area (Å²) in [4.78, 5) is 6.94. The maximum Gasteiger partial charge on any atom is 0.126 e. The van der Waals surface area contributed by atoms with Crippen LogP contribution in [0.3, 0.4) is 0 Å². The van der Waals surface area contributed by atoms with Crippen molar-refractivity contribution >= 4 is 5.82 Å². The van der Waals surface area contributed by atoms with Crippen molar-refractivity contribution in [1.82, 2.24) is 15.2 Å². The molecule has 2 heterocycles. The predicted octanol–water partition coefficient (Wildman–Crippen LogP) is 1.10. The molecule has 2 N–H and O–H groups in total. The highest BCUT2D eigenvalue weighted by molar-refractivity contribution is 5.34. The van der Waals surface area contributed by atoms with Crippen molar-refractivity contribution in [3.8, 4) is 0 Å². The van der Waals surface area contributed by atoms with Crippen molar-refractivity contribution in [2.75, 3.05) is 44.6 Å². The molecule has 0 unspecified atom stereocenters. The van der Waals surface area contributed by atoms with Gasteiger partial charge in [-0.3, -0.25) is 0 Å². The first-order valence-electron chi connectivity index (χ1n) is 6.45. The number of rotatable bonds is 5. The highest BCUT2D eigenvalue weighted by Gasteiger charge is 2.07. The van der Waals surface area contributed by atoms with Crippen molar-refractivity contribution in [2.45, 2.75) is 13.3 Å². The van der Waals surface area contributed by atoms with Gasteiger partial charge in [0.25, 0.3) is 0 Å². The number of aryl methyl sites for hydroxylation is 1. The number of nitrogens with zero attached hydrogens (tertiary/aromatic N) is 2. The summed E-state index contributed by atoms with van der Waals surface area (Å²) in [6.07, 6.45) is 1.18. The van der Waals surface area contributed by atoms with E-state index in [1.54, 1.807) is 0 Å². The lowest BCUT2D eigenvalue weighted by atomic mass is 10.3. The molecule has 94 valence electrons. The van der Waals surface area contributed by atoms with E-state index in [0.29, 0.717) is 0 Å². The Morgan fingerprint density at radius 3 is 2.94 bits per heavy atom. The zero-order valence-corrected chi connectivity index (χ0v) is 10.6. The monoisotopic (exact) mass is 234 g/mol. The van der Waals surface area contributed by atoms with Gasteiger partial charge in [0.05, 0.1) is 0 Å². The van der Waals surface area contributed by atoms with Crippen LogP contribution in [0.4, 0.5) is 5.82 Å². The minimum Gasteiger partial charge on any atom is -0.370 e. The summed E-state index contributed by atoms with van der Waals surface area (Å²) in [5, 5.41) is 6.74. The van der Waals surface area contributed by atoms with E-state index in [1.807, 2.05) is 25.1 Å². The minimum absolute atomic E-state index is 0.991. The Hall–Kier alpha value is -1.13. The summed E-state index contributed by atoms with van der Waals surface area (Å²) in [5.74, 6) is 0.991. The molecule has 2 rings (SSSR count). The van der Waals surface area contributed by atoms with Gasteiger partial charge in [-0.2, -0.15) is 0 Å². The smallest absolute Gasteiger partial charge is 0.126 e. The van der Waals surface area contributed by atoms with Crippen LogP contribution in [0.2, 0.25) is 0 Å². The number of pyridine rings is 1. The first-order chi connectivity index (χ1) is 8.34. The normalized spacial score (nSPS) is 17.0. The Balaban J connectivity index is 1.62. The minimum atomic E-state index is 0.991. The van der Waals surface area contributed by atoms with Crippen LogP contribution in [0.1, 0.15) is 12.1 Å². The number of piperazine rings is 1. The van der Waals surface area contributed by atoms with Crippen LogP contribution < -0.4 is 10.6 Å². The molecular weight excluding hydrogens is 212 g/mol. The van der Waals surface area contributed by atoms with E-state index >= 15 is 0 Å². The molecular formula is C13H22N4. The Labute approximate surface area is 103 Å². The number of hydrogen-bond donors (Lipinski definition) is 2. The van der Waals surface area contributed by atoms with Gasteiger partial charge in [0.1, 0.15) is 5.82 Å². The Morgan fingerprint density at radius 1 is 1.35 bits per heavy atom. The molecule has 0 spiro atoms. The van der Waals surface area contributed by atoms with Gasteiger partial charge in [-0.05, 0) is 32.0 Å². The summed E-state index contributed by atoms with van der Waals surface area (Å²) in [5.41, 5.74) is 1.07. The number of anilines is 1. The fraction of sp³-hybridized carbons (Fsp3) is 0.615. The fourth-order valence-corrected chi connectivity index (χ4v) is 2.10. The molecule has 4 nitrogen and oxygen atoms in total. The van der Waals surface area contributed by atoms with Crippen LogP contribution in [0, 0.1) is 6.92 Å². The first-order valence-corrected chi connectivity index (χ1v) is 6.45. The second-order valence-corrected chi connectivity index (χ2v) is 4.54. The summed E-state index contributed by atoms with van der Waals surface area (Å²) in [6.45, 7) is 8.83. The third-order valence-electron chi connectivity index (χ3n) is 3.06. The summed E-state index contributed by atoms with van der Waals surface area (Å²) < 4.78 is 0. The van der Waals surface area contributed by atoms with Gasteiger partial charge in [0.15, 0.2) is 0 Å². The maximum absolute atomic E-state index is 4.42. The molecule has 1 fully saturated rings. The van der Waals surface area contributed by atoms with E-state index in [-0.39, 0.29) is 0 Å². The molecule has 0 radical (unpaired) electrons. The molecule has 4 heteroatoms. The Bertz CT molecular complexity index is 334. The maximum atomic E-state index is 4.42. The van der Waals surface area contributed by atoms with Gasteiger partial charge in [-0.25, -0.2) is 4.98 Å². The molecule has 0 bridgehead atoms. The number of nitrogens with one attached hydrogen (secondary N) is 2. The fourth-order valence-electron chi connectivity index (χ4n) is 2.10. The van der Waals surface area contributed by atoms with Crippen molar-refractivity contribution < 1.29 is 0 Å². The second-order valence-electron chi connectivity index (χ2n) is 4.54. The van der Waals surface area contributed by atoms with Crippen molar-refractivity contribution in [3.05, 3.63) is 23.9 Å². The molecule has 1 aliphatic heterocycles. The second kappa shape index (κ2) is 6.57. The van der Waals surface area contributed by atoms with E-state index in [1.165, 1.54) is 26.1 Å². The van der Waals surface area contributed by atoms with Crippen molar-refractivity contribution in [3.63, 3.8) is 0 Å². The molecule has 1 aromatic heterocycles. The summed E-state index contributed by atoms with van der Waals surface area (Å²) >= 11 is 0. The van der Waals surface area contributed by atoms with Crippen LogP contribution in [0.25, 0.3) is 0 Å². The molecule has 0 saturated carbocycles. The zero-order valence-electron chi connectivity index (χ0n) is 10.6. The molecule has 0 aliphatic carbocycles. The van der Waals surface area contributed by atoms with Crippen LogP contribution in [-0.4, -0.2) is 49.2 Å². The average molecular weight is 234 g/mol. The third-order valence-corrected chi connectivity index (χ3v) is 3.06. The van der Waals surface area contributed by atoms with Gasteiger partial charge < -0.3 is 15.5 Å². The molecule has 0 aromatic carbocycles. The SMILES string of the molecule is Cc1cccc(NCCCN2CCNCC2)n1. The van der Waals surface area contributed by atoms with E-state index in [0.717, 1.165) is 31.1 Å². The average Bonchev–Trinajstić information content (AvgIpc) is 2.36. The summed E-state index contributed by atoms with van der Waals surface area (Å²) in [7, 11) is 0. The Morgan fingerprint density at radius 2 is 2.18 bits per heavy atom. The van der Waals surface area contributed by atoms with Crippen LogP contribution >= 0.6 is 0 Å². The highest BCUT2D eigenvalue weighted by atomic mass is 15.2. The van der Waals surface area contributed by atoms with Gasteiger partial charge in [-0.15, -0.1) is 0 Å². The van der Waals surface area contributed by atoms with E-state index in [2.05, 4.69) is 20.5 Å². The third kappa shape index (κ3) is 4.32. The number of hydrogen-bond acceptors (Lipinski definition) is 4. The summed E-state index contributed by atoms with van der Waals surface area (Å²) in [6, 6.07) is 6.09. The lowest BCUT2D eigenvalue weighted by Gasteiger charge is -2.27. The molecule has 1 saturated heterocycles. The van der Waals surface area contributed by atoms with Crippen molar-refractivity contribution in [2.24, 2.45) is 0 Å². The molecule has 0 amide bonds. The first kappa shape index (κ1) is 12.3. The zero-order chi connectivity index (χ0) is 11.9. The largest absolute Gasteiger partial charge is 0.370 e. The van der Waals surface area contributed by atoms with Crippen LogP contribution in [0.5, 0.6) is 0 Å². The van der Waals surface area contributed by atoms with Gasteiger partial charge in [0.2, 0.25) is 0 Å². The van der Waals surface area contributed by atoms with E-state index in [4.69, 9.17) is 0 Å². The quantitative estimate of drug-likeness (QED) is 0.749. The predicted molar refractivity (Wildman–Crippen MR) is 71.4 cm³/mol. The van der Waals surface area contributed by atoms with Crippen molar-refractivity contribution in [1.29, 1.82) is 0 Å². The van der Waals surface area contributed by atoms with E-state index in [9.17, 15) is 0 Å². The molecule has 17 heavy (non-hydrogen) atoms. The van der Waals surface area contributed by atoms with Gasteiger partial charge in [-0.1, -0.05) is 6.07 Å². The van der Waals surface area contributed by atoms with Gasteiger partial charge in [0, 0.05) is 38.4 Å². The molecule has 1 aliphatic rings. The molecule has 1 aromatic rings. The standard InChI is InChI=1S/C13H22N4/c1-12-4-2-5-13(16-12)15-6-3-9-17-10-7-14-8-11-17/h2,4-5,14H,3,6-11H2,1H3,(H,15,16). The Kier molecular flexibility index (Phi) is 4.76. The highest BCUT2D eigenvalue weighted by Crippen LogP contribution is 2.03. The van der Waals surface area contributed by atoms with Crippen LogP contribution in [0.15, 0.2) is 18.2 Å².